The van der Waals surface area contributed by atoms with Crippen molar-refractivity contribution in [2.45, 2.75) is 6.61 Å². The van der Waals surface area contributed by atoms with Gasteiger partial charge in [0.1, 0.15) is 18.6 Å². The lowest BCUT2D eigenvalue weighted by Crippen LogP contribution is -2.07. The number of nitrogens with zero attached hydrogens (tertiary/aromatic N) is 1. The number of rotatable bonds is 4. The molecule has 0 atom stereocenters. The molecule has 0 radical (unpaired) electrons. The van der Waals surface area contributed by atoms with Crippen molar-refractivity contribution in [3.05, 3.63) is 64.5 Å². The summed E-state index contributed by atoms with van der Waals surface area (Å²) in [6, 6.07) is 7.52. The van der Waals surface area contributed by atoms with Gasteiger partial charge in [0.05, 0.1) is 11.8 Å². The van der Waals surface area contributed by atoms with Crippen LogP contribution in [0.25, 0.3) is 11.5 Å². The summed E-state index contributed by atoms with van der Waals surface area (Å²) in [6.45, 7) is -0.0673. The van der Waals surface area contributed by atoms with E-state index in [1.165, 1.54) is 12.3 Å². The van der Waals surface area contributed by atoms with Gasteiger partial charge < -0.3 is 18.1 Å². The highest BCUT2D eigenvalue weighted by atomic mass is 16.5. The van der Waals surface area contributed by atoms with Crippen LogP contribution >= 0.6 is 0 Å². The topological polar surface area (TPSA) is 95.7 Å². The van der Waals surface area contributed by atoms with E-state index in [9.17, 15) is 9.59 Å². The minimum absolute atomic E-state index is 0.0673. The molecule has 0 N–H and O–H groups in total. The monoisotopic (exact) mass is 287 g/mol. The molecule has 7 nitrogen and oxygen atoms in total. The molecule has 0 saturated carbocycles. The quantitative estimate of drug-likeness (QED) is 0.679. The van der Waals surface area contributed by atoms with Crippen LogP contribution in [0, 0.1) is 0 Å². The van der Waals surface area contributed by atoms with E-state index in [2.05, 4.69) is 9.57 Å². The second-order valence-corrected chi connectivity index (χ2v) is 4.08. The van der Waals surface area contributed by atoms with E-state index < -0.39 is 11.6 Å². The third-order valence-electron chi connectivity index (χ3n) is 2.61. The Hall–Kier alpha value is -3.09. The first-order chi connectivity index (χ1) is 10.2. The van der Waals surface area contributed by atoms with Gasteiger partial charge in [0.2, 0.25) is 5.76 Å². The molecule has 3 aromatic rings. The van der Waals surface area contributed by atoms with Crippen LogP contribution in [0.5, 0.6) is 0 Å². The van der Waals surface area contributed by atoms with E-state index in [1.54, 1.807) is 18.2 Å². The number of carbonyl (C=O) groups excluding carboxylic acids is 1. The molecule has 7 heteroatoms. The number of hydrogen-bond donors (Lipinski definition) is 0. The molecule has 0 aliphatic carbocycles. The van der Waals surface area contributed by atoms with Crippen molar-refractivity contribution >= 4 is 5.97 Å². The molecule has 0 unspecified atom stereocenters. The van der Waals surface area contributed by atoms with Crippen LogP contribution in [-0.2, 0) is 11.3 Å². The summed E-state index contributed by atoms with van der Waals surface area (Å²) >= 11 is 0. The molecule has 0 bridgehead atoms. The van der Waals surface area contributed by atoms with Gasteiger partial charge in [0.15, 0.2) is 5.76 Å². The Morgan fingerprint density at radius 1 is 1.19 bits per heavy atom. The fraction of sp³-hybridized carbons (Fsp3) is 0.0714. The van der Waals surface area contributed by atoms with Gasteiger partial charge in [-0.15, -0.1) is 0 Å². The maximum atomic E-state index is 11.7. The van der Waals surface area contributed by atoms with Crippen LogP contribution in [-0.4, -0.2) is 11.1 Å². The number of esters is 1. The Kier molecular flexibility index (Phi) is 3.38. The van der Waals surface area contributed by atoms with E-state index >= 15 is 0 Å². The smallest absolute Gasteiger partial charge is 0.341 e. The van der Waals surface area contributed by atoms with Crippen molar-refractivity contribution in [2.75, 3.05) is 0 Å². The summed E-state index contributed by atoms with van der Waals surface area (Å²) in [4.78, 5) is 22.5. The van der Waals surface area contributed by atoms with Crippen LogP contribution in [0.1, 0.15) is 16.1 Å². The van der Waals surface area contributed by atoms with Crippen molar-refractivity contribution in [1.29, 1.82) is 0 Å². The Labute approximate surface area is 117 Å². The summed E-state index contributed by atoms with van der Waals surface area (Å²) < 4.78 is 19.8. The van der Waals surface area contributed by atoms with Gasteiger partial charge in [0.25, 0.3) is 0 Å². The maximum absolute atomic E-state index is 11.7. The van der Waals surface area contributed by atoms with Gasteiger partial charge in [-0.3, -0.25) is 0 Å². The van der Waals surface area contributed by atoms with Crippen molar-refractivity contribution in [3.63, 3.8) is 0 Å². The van der Waals surface area contributed by atoms with E-state index in [1.807, 2.05) is 0 Å². The molecule has 3 aromatic heterocycles. The van der Waals surface area contributed by atoms with Crippen molar-refractivity contribution in [3.8, 4) is 11.5 Å². The number of carbonyl (C=O) groups is 1. The molecule has 0 aliphatic heterocycles. The van der Waals surface area contributed by atoms with Gasteiger partial charge in [-0.2, -0.15) is 0 Å². The van der Waals surface area contributed by atoms with Crippen LogP contribution < -0.4 is 5.63 Å². The number of hydrogen-bond acceptors (Lipinski definition) is 7. The minimum atomic E-state index is -0.624. The Bertz CT molecular complexity index is 778. The number of furan rings is 1. The van der Waals surface area contributed by atoms with Crippen molar-refractivity contribution in [1.82, 2.24) is 5.16 Å². The lowest BCUT2D eigenvalue weighted by atomic mass is 10.3. The van der Waals surface area contributed by atoms with Crippen LogP contribution in [0.3, 0.4) is 0 Å². The molecule has 106 valence electrons. The molecule has 3 rings (SSSR count). The highest BCUT2D eigenvalue weighted by Gasteiger charge is 2.12. The summed E-state index contributed by atoms with van der Waals surface area (Å²) in [6.07, 6.45) is 2.56. The third kappa shape index (κ3) is 2.92. The van der Waals surface area contributed by atoms with E-state index in [4.69, 9.17) is 13.7 Å². The molecule has 0 aliphatic rings. The van der Waals surface area contributed by atoms with Gasteiger partial charge in [-0.05, 0) is 18.2 Å². The summed E-state index contributed by atoms with van der Waals surface area (Å²) in [5, 5.41) is 3.77. The van der Waals surface area contributed by atoms with Crippen LogP contribution in [0.4, 0.5) is 0 Å². The van der Waals surface area contributed by atoms with Gasteiger partial charge >= 0.3 is 11.6 Å². The Balaban J connectivity index is 1.64. The first-order valence-corrected chi connectivity index (χ1v) is 5.98. The lowest BCUT2D eigenvalue weighted by Gasteiger charge is -2.00. The fourth-order valence-corrected chi connectivity index (χ4v) is 1.61. The molecule has 0 saturated heterocycles. The molecule has 21 heavy (non-hydrogen) atoms. The number of aromatic nitrogens is 1. The maximum Gasteiger partial charge on any atom is 0.341 e. The van der Waals surface area contributed by atoms with Crippen LogP contribution in [0.2, 0.25) is 0 Å². The summed E-state index contributed by atoms with van der Waals surface area (Å²) in [5.74, 6) is 0.350. The molecular weight excluding hydrogens is 278 g/mol. The third-order valence-corrected chi connectivity index (χ3v) is 2.61. The second-order valence-electron chi connectivity index (χ2n) is 4.08. The van der Waals surface area contributed by atoms with Gasteiger partial charge in [-0.1, -0.05) is 5.16 Å². The molecular formula is C14H9NO6. The average molecular weight is 287 g/mol. The molecule has 0 spiro atoms. The average Bonchev–Trinajstić information content (AvgIpc) is 3.16. The van der Waals surface area contributed by atoms with Crippen molar-refractivity contribution in [2.24, 2.45) is 0 Å². The second kappa shape index (κ2) is 5.49. The molecule has 0 amide bonds. The zero-order valence-electron chi connectivity index (χ0n) is 10.6. The predicted octanol–water partition coefficient (Wildman–Crippen LogP) is 2.24. The van der Waals surface area contributed by atoms with Gasteiger partial charge in [0, 0.05) is 12.1 Å². The Morgan fingerprint density at radius 2 is 2.10 bits per heavy atom. The SMILES string of the molecule is O=C(OCc1cc(-c2ccco2)on1)c1ccc(=O)oc1. The van der Waals surface area contributed by atoms with E-state index in [0.717, 1.165) is 12.3 Å². The minimum Gasteiger partial charge on any atom is -0.461 e. The van der Waals surface area contributed by atoms with E-state index in [-0.39, 0.29) is 12.2 Å². The van der Waals surface area contributed by atoms with E-state index in [0.29, 0.717) is 17.2 Å². The number of ether oxygens (including phenoxy) is 1. The first-order valence-electron chi connectivity index (χ1n) is 5.98. The largest absolute Gasteiger partial charge is 0.461 e. The molecule has 0 fully saturated rings. The molecule has 3 heterocycles. The standard InChI is InChI=1S/C14H9NO6/c16-13-4-3-9(7-19-13)14(17)20-8-10-6-12(21-15-10)11-2-1-5-18-11/h1-7H,8H2. The fourth-order valence-electron chi connectivity index (χ4n) is 1.61. The lowest BCUT2D eigenvalue weighted by molar-refractivity contribution is 0.0461. The predicted molar refractivity (Wildman–Crippen MR) is 68.3 cm³/mol. The molecule has 0 aromatic carbocycles. The summed E-state index contributed by atoms with van der Waals surface area (Å²) in [7, 11) is 0. The highest BCUT2D eigenvalue weighted by Crippen LogP contribution is 2.20. The van der Waals surface area contributed by atoms with Gasteiger partial charge in [-0.25, -0.2) is 9.59 Å². The normalized spacial score (nSPS) is 10.5. The zero-order valence-corrected chi connectivity index (χ0v) is 10.6. The zero-order chi connectivity index (χ0) is 14.7. The summed E-state index contributed by atoms with van der Waals surface area (Å²) in [5.41, 5.74) is 0.0441. The van der Waals surface area contributed by atoms with Crippen molar-refractivity contribution < 1.29 is 22.9 Å². The first kappa shape index (κ1) is 12.9. The Morgan fingerprint density at radius 3 is 2.81 bits per heavy atom. The highest BCUT2D eigenvalue weighted by molar-refractivity contribution is 5.88. The van der Waals surface area contributed by atoms with Crippen LogP contribution in [0.15, 0.2) is 61.0 Å².